The van der Waals surface area contributed by atoms with E-state index in [4.69, 9.17) is 5.73 Å². The second kappa shape index (κ2) is 5.70. The number of pyridine rings is 1. The van der Waals surface area contributed by atoms with E-state index in [1.54, 1.807) is 0 Å². The molecule has 0 amide bonds. The second-order valence-electron chi connectivity index (χ2n) is 4.03. The van der Waals surface area contributed by atoms with E-state index in [1.165, 1.54) is 19.4 Å². The molecular formula is C13H10F3N3O2. The molecule has 0 spiro atoms. The van der Waals surface area contributed by atoms with Crippen LogP contribution in [-0.4, -0.2) is 18.1 Å². The summed E-state index contributed by atoms with van der Waals surface area (Å²) in [5, 5.41) is 2.54. The predicted molar refractivity (Wildman–Crippen MR) is 69.6 cm³/mol. The summed E-state index contributed by atoms with van der Waals surface area (Å²) in [7, 11) is 1.18. The third-order valence-corrected chi connectivity index (χ3v) is 2.60. The molecule has 2 rings (SSSR count). The van der Waals surface area contributed by atoms with Crippen LogP contribution in [0.4, 0.5) is 30.4 Å². The summed E-state index contributed by atoms with van der Waals surface area (Å²) in [6.45, 7) is 0. The van der Waals surface area contributed by atoms with Crippen LogP contribution in [-0.2, 0) is 4.74 Å². The van der Waals surface area contributed by atoms with Crippen LogP contribution >= 0.6 is 0 Å². The average Bonchev–Trinajstić information content (AvgIpc) is 2.46. The number of nitrogens with one attached hydrogen (secondary N) is 1. The molecule has 0 saturated carbocycles. The topological polar surface area (TPSA) is 77.2 Å². The zero-order valence-corrected chi connectivity index (χ0v) is 10.8. The molecule has 0 atom stereocenters. The minimum atomic E-state index is -1.57. The van der Waals surface area contributed by atoms with Gasteiger partial charge in [0.05, 0.1) is 24.6 Å². The number of rotatable bonds is 3. The largest absolute Gasteiger partial charge is 0.465 e. The second-order valence-corrected chi connectivity index (χ2v) is 4.03. The highest BCUT2D eigenvalue weighted by molar-refractivity contribution is 5.95. The Morgan fingerprint density at radius 3 is 2.43 bits per heavy atom. The van der Waals surface area contributed by atoms with Gasteiger partial charge in [0.25, 0.3) is 0 Å². The van der Waals surface area contributed by atoms with Gasteiger partial charge in [-0.15, -0.1) is 0 Å². The number of hydrogen-bond donors (Lipinski definition) is 2. The lowest BCUT2D eigenvalue weighted by molar-refractivity contribution is 0.0602. The Hall–Kier alpha value is -2.77. The van der Waals surface area contributed by atoms with Crippen molar-refractivity contribution in [2.45, 2.75) is 0 Å². The molecule has 0 aliphatic carbocycles. The standard InChI is InChI=1S/C13H10F3N3O2/c1-21-13(20)7-4-11(18-5-10(7)17)19-6-2-8(14)12(16)9(15)3-6/h2-5H,17H2,1H3,(H,18,19). The first-order valence-corrected chi connectivity index (χ1v) is 5.67. The highest BCUT2D eigenvalue weighted by Crippen LogP contribution is 2.22. The van der Waals surface area contributed by atoms with Crippen LogP contribution in [0.2, 0.25) is 0 Å². The highest BCUT2D eigenvalue weighted by Gasteiger charge is 2.14. The lowest BCUT2D eigenvalue weighted by Gasteiger charge is -2.09. The number of hydrogen-bond acceptors (Lipinski definition) is 5. The molecule has 0 aliphatic rings. The van der Waals surface area contributed by atoms with Crippen molar-refractivity contribution in [2.75, 3.05) is 18.2 Å². The molecule has 1 aromatic heterocycles. The summed E-state index contributed by atoms with van der Waals surface area (Å²) < 4.78 is 43.6. The molecule has 0 radical (unpaired) electrons. The summed E-state index contributed by atoms with van der Waals surface area (Å²) in [5.41, 5.74) is 5.62. The first kappa shape index (κ1) is 14.6. The summed E-state index contributed by atoms with van der Waals surface area (Å²) >= 11 is 0. The van der Waals surface area contributed by atoms with Gasteiger partial charge in [0.15, 0.2) is 17.5 Å². The molecule has 8 heteroatoms. The number of nitrogen functional groups attached to an aromatic ring is 1. The Morgan fingerprint density at radius 1 is 1.24 bits per heavy atom. The quantitative estimate of drug-likeness (QED) is 0.672. The van der Waals surface area contributed by atoms with Crippen molar-refractivity contribution in [1.82, 2.24) is 4.98 Å². The van der Waals surface area contributed by atoms with Crippen molar-refractivity contribution >= 4 is 23.2 Å². The number of esters is 1. The van der Waals surface area contributed by atoms with Crippen LogP contribution in [0.15, 0.2) is 24.4 Å². The van der Waals surface area contributed by atoms with Gasteiger partial charge in [0.2, 0.25) is 0 Å². The summed E-state index contributed by atoms with van der Waals surface area (Å²) in [6.07, 6.45) is 1.19. The SMILES string of the molecule is COC(=O)c1cc(Nc2cc(F)c(F)c(F)c2)ncc1N. The molecular weight excluding hydrogens is 287 g/mol. The van der Waals surface area contributed by atoms with Gasteiger partial charge in [-0.3, -0.25) is 0 Å². The number of anilines is 3. The third kappa shape index (κ3) is 3.04. The Labute approximate surface area is 117 Å². The summed E-state index contributed by atoms with van der Waals surface area (Å²) in [5.74, 6) is -4.85. The first-order chi connectivity index (χ1) is 9.92. The zero-order chi connectivity index (χ0) is 15.6. The molecule has 110 valence electrons. The Bertz CT molecular complexity index is 684. The third-order valence-electron chi connectivity index (χ3n) is 2.60. The van der Waals surface area contributed by atoms with E-state index < -0.39 is 23.4 Å². The number of ether oxygens (including phenoxy) is 1. The van der Waals surface area contributed by atoms with Crippen LogP contribution in [0.3, 0.4) is 0 Å². The lowest BCUT2D eigenvalue weighted by Crippen LogP contribution is -2.07. The Kier molecular flexibility index (Phi) is 3.97. The fourth-order valence-corrected chi connectivity index (χ4v) is 1.60. The van der Waals surface area contributed by atoms with Gasteiger partial charge in [0, 0.05) is 17.8 Å². The van der Waals surface area contributed by atoms with Gasteiger partial charge in [-0.25, -0.2) is 22.9 Å². The van der Waals surface area contributed by atoms with E-state index in [2.05, 4.69) is 15.0 Å². The zero-order valence-electron chi connectivity index (χ0n) is 10.8. The monoisotopic (exact) mass is 297 g/mol. The normalized spacial score (nSPS) is 10.3. The number of aromatic nitrogens is 1. The molecule has 0 saturated heterocycles. The average molecular weight is 297 g/mol. The van der Waals surface area contributed by atoms with E-state index in [0.717, 1.165) is 12.1 Å². The fraction of sp³-hybridized carbons (Fsp3) is 0.0769. The first-order valence-electron chi connectivity index (χ1n) is 5.67. The molecule has 0 unspecified atom stereocenters. The van der Waals surface area contributed by atoms with Gasteiger partial charge < -0.3 is 15.8 Å². The smallest absolute Gasteiger partial charge is 0.340 e. The van der Waals surface area contributed by atoms with E-state index in [-0.39, 0.29) is 22.8 Å². The molecule has 3 N–H and O–H groups in total. The molecule has 0 bridgehead atoms. The Balaban J connectivity index is 2.34. The van der Waals surface area contributed by atoms with E-state index in [0.29, 0.717) is 0 Å². The number of benzene rings is 1. The number of halogens is 3. The van der Waals surface area contributed by atoms with E-state index >= 15 is 0 Å². The van der Waals surface area contributed by atoms with Crippen molar-refractivity contribution in [2.24, 2.45) is 0 Å². The van der Waals surface area contributed by atoms with Crippen molar-refractivity contribution in [1.29, 1.82) is 0 Å². The van der Waals surface area contributed by atoms with Crippen molar-refractivity contribution in [3.8, 4) is 0 Å². The van der Waals surface area contributed by atoms with Crippen LogP contribution in [0, 0.1) is 17.5 Å². The fourth-order valence-electron chi connectivity index (χ4n) is 1.60. The molecule has 5 nitrogen and oxygen atoms in total. The van der Waals surface area contributed by atoms with E-state index in [1.807, 2.05) is 0 Å². The van der Waals surface area contributed by atoms with Crippen molar-refractivity contribution < 1.29 is 22.7 Å². The predicted octanol–water partition coefficient (Wildman–Crippen LogP) is 2.61. The number of methoxy groups -OCH3 is 1. The number of nitrogens with zero attached hydrogens (tertiary/aromatic N) is 1. The Morgan fingerprint density at radius 2 is 1.86 bits per heavy atom. The minimum absolute atomic E-state index is 0.0399. The van der Waals surface area contributed by atoms with Crippen LogP contribution in [0.25, 0.3) is 0 Å². The summed E-state index contributed by atoms with van der Waals surface area (Å²) in [4.78, 5) is 15.3. The van der Waals surface area contributed by atoms with Crippen molar-refractivity contribution in [3.05, 3.63) is 47.4 Å². The number of carbonyl (C=O) groups excluding carboxylic acids is 1. The molecule has 21 heavy (non-hydrogen) atoms. The van der Waals surface area contributed by atoms with E-state index in [9.17, 15) is 18.0 Å². The number of nitrogens with two attached hydrogens (primary N) is 1. The lowest BCUT2D eigenvalue weighted by atomic mass is 10.2. The maximum Gasteiger partial charge on any atom is 0.340 e. The van der Waals surface area contributed by atoms with Crippen LogP contribution in [0.5, 0.6) is 0 Å². The minimum Gasteiger partial charge on any atom is -0.465 e. The molecule has 1 aromatic carbocycles. The van der Waals surface area contributed by atoms with Gasteiger partial charge >= 0.3 is 5.97 Å². The maximum atomic E-state index is 13.1. The van der Waals surface area contributed by atoms with Gasteiger partial charge in [-0.1, -0.05) is 0 Å². The molecule has 2 aromatic rings. The molecule has 0 fully saturated rings. The van der Waals surface area contributed by atoms with Gasteiger partial charge in [-0.05, 0) is 6.07 Å². The highest BCUT2D eigenvalue weighted by atomic mass is 19.2. The number of carbonyl (C=O) groups is 1. The van der Waals surface area contributed by atoms with Crippen LogP contribution < -0.4 is 11.1 Å². The van der Waals surface area contributed by atoms with Crippen molar-refractivity contribution in [3.63, 3.8) is 0 Å². The van der Waals surface area contributed by atoms with Gasteiger partial charge in [-0.2, -0.15) is 0 Å². The molecule has 0 aliphatic heterocycles. The summed E-state index contributed by atoms with van der Waals surface area (Å²) in [6, 6.07) is 2.77. The maximum absolute atomic E-state index is 13.1. The van der Waals surface area contributed by atoms with Crippen LogP contribution in [0.1, 0.15) is 10.4 Å². The molecule has 1 heterocycles. The van der Waals surface area contributed by atoms with Gasteiger partial charge in [0.1, 0.15) is 5.82 Å².